The van der Waals surface area contributed by atoms with Crippen LogP contribution in [0, 0.1) is 0 Å². The molecule has 1 aliphatic rings. The highest BCUT2D eigenvalue weighted by Crippen LogP contribution is 2.27. The number of amides is 2. The second-order valence-corrected chi connectivity index (χ2v) is 11.4. The predicted molar refractivity (Wildman–Crippen MR) is 145 cm³/mol. The molecular weight excluding hydrogens is 542 g/mol. The van der Waals surface area contributed by atoms with E-state index in [1.54, 1.807) is 66.7 Å². The summed E-state index contributed by atoms with van der Waals surface area (Å²) in [5.74, 6) is -0.681. The summed E-state index contributed by atoms with van der Waals surface area (Å²) >= 11 is 3.38. The van der Waals surface area contributed by atoms with Crippen LogP contribution in [-0.2, 0) is 14.8 Å². The molecule has 0 atom stereocenters. The minimum absolute atomic E-state index is 0.0783. The zero-order valence-electron chi connectivity index (χ0n) is 19.8. The van der Waals surface area contributed by atoms with Crippen molar-refractivity contribution in [3.05, 3.63) is 88.9 Å². The van der Waals surface area contributed by atoms with Gasteiger partial charge in [0.15, 0.2) is 0 Å². The number of sulfonamides is 1. The summed E-state index contributed by atoms with van der Waals surface area (Å²) in [5.41, 5.74) is 1.10. The van der Waals surface area contributed by atoms with Crippen molar-refractivity contribution in [1.82, 2.24) is 4.90 Å². The number of anilines is 2. The minimum Gasteiger partial charge on any atom is -0.339 e. The zero-order valence-corrected chi connectivity index (χ0v) is 22.2. The molecule has 7 nitrogen and oxygen atoms in total. The van der Waals surface area contributed by atoms with Gasteiger partial charge in [-0.15, -0.1) is 0 Å². The molecule has 0 radical (unpaired) electrons. The SMILES string of the molecule is O=C(CN(c1cccc(Br)c1)S(=O)(=O)c1ccccc1)Nc1ccccc1C(=O)N1CCCCCC1. The first-order valence-electron chi connectivity index (χ1n) is 11.9. The standard InChI is InChI=1S/C27H28BrN3O4S/c28-21-11-10-12-22(19-21)31(36(34,35)23-13-4-3-5-14-23)20-26(32)29-25-16-7-6-15-24(25)27(33)30-17-8-1-2-9-18-30/h3-7,10-16,19H,1-2,8-9,17-18,20H2,(H,29,32). The molecule has 36 heavy (non-hydrogen) atoms. The monoisotopic (exact) mass is 569 g/mol. The van der Waals surface area contributed by atoms with Gasteiger partial charge in [0.05, 0.1) is 21.8 Å². The molecule has 0 unspecified atom stereocenters. The molecule has 0 spiro atoms. The average molecular weight is 571 g/mol. The van der Waals surface area contributed by atoms with Crippen molar-refractivity contribution >= 4 is 49.1 Å². The highest BCUT2D eigenvalue weighted by atomic mass is 79.9. The Morgan fingerprint density at radius 3 is 2.22 bits per heavy atom. The molecule has 3 aromatic rings. The molecule has 0 aliphatic carbocycles. The molecule has 0 aromatic heterocycles. The lowest BCUT2D eigenvalue weighted by Crippen LogP contribution is -2.38. The number of rotatable bonds is 7. The number of likely N-dealkylation sites (tertiary alicyclic amines) is 1. The van der Waals surface area contributed by atoms with Crippen LogP contribution in [0.5, 0.6) is 0 Å². The average Bonchev–Trinajstić information content (AvgIpc) is 3.17. The van der Waals surface area contributed by atoms with E-state index in [9.17, 15) is 18.0 Å². The largest absolute Gasteiger partial charge is 0.339 e. The van der Waals surface area contributed by atoms with Crippen LogP contribution < -0.4 is 9.62 Å². The summed E-state index contributed by atoms with van der Waals surface area (Å²) < 4.78 is 28.8. The Hall–Kier alpha value is -3.17. The predicted octanol–water partition coefficient (Wildman–Crippen LogP) is 5.30. The quantitative estimate of drug-likeness (QED) is 0.418. The summed E-state index contributed by atoms with van der Waals surface area (Å²) in [6.45, 7) is 0.917. The molecule has 1 aliphatic heterocycles. The molecule has 188 valence electrons. The summed E-state index contributed by atoms with van der Waals surface area (Å²) in [6, 6.07) is 21.6. The Labute approximate surface area is 220 Å². The van der Waals surface area contributed by atoms with Gasteiger partial charge in [-0.3, -0.25) is 13.9 Å². The Kier molecular flexibility index (Phi) is 8.43. The van der Waals surface area contributed by atoms with Gasteiger partial charge in [-0.2, -0.15) is 0 Å². The molecule has 1 fully saturated rings. The topological polar surface area (TPSA) is 86.8 Å². The number of para-hydroxylation sites is 1. The van der Waals surface area contributed by atoms with Crippen molar-refractivity contribution in [2.75, 3.05) is 29.3 Å². The number of hydrogen-bond acceptors (Lipinski definition) is 4. The molecule has 4 rings (SSSR count). The molecule has 3 aromatic carbocycles. The maximum Gasteiger partial charge on any atom is 0.264 e. The normalized spacial score (nSPS) is 14.1. The first kappa shape index (κ1) is 25.9. The molecule has 1 saturated heterocycles. The van der Waals surface area contributed by atoms with Crippen molar-refractivity contribution in [2.24, 2.45) is 0 Å². The first-order chi connectivity index (χ1) is 17.4. The van der Waals surface area contributed by atoms with Crippen LogP contribution in [0.25, 0.3) is 0 Å². The van der Waals surface area contributed by atoms with Crippen LogP contribution in [0.15, 0.2) is 88.2 Å². The van der Waals surface area contributed by atoms with Crippen LogP contribution in [-0.4, -0.2) is 44.8 Å². The van der Waals surface area contributed by atoms with Crippen LogP contribution in [0.3, 0.4) is 0 Å². The molecule has 9 heteroatoms. The summed E-state index contributed by atoms with van der Waals surface area (Å²) in [5, 5.41) is 2.78. The number of nitrogens with zero attached hydrogens (tertiary/aromatic N) is 2. The van der Waals surface area contributed by atoms with Gasteiger partial charge in [-0.1, -0.05) is 65.2 Å². The van der Waals surface area contributed by atoms with E-state index in [2.05, 4.69) is 21.2 Å². The smallest absolute Gasteiger partial charge is 0.264 e. The van der Waals surface area contributed by atoms with Gasteiger partial charge in [-0.25, -0.2) is 8.42 Å². The Morgan fingerprint density at radius 2 is 1.53 bits per heavy atom. The van der Waals surface area contributed by atoms with E-state index in [1.165, 1.54) is 12.1 Å². The van der Waals surface area contributed by atoms with Gasteiger partial charge in [0, 0.05) is 17.6 Å². The van der Waals surface area contributed by atoms with Crippen LogP contribution >= 0.6 is 15.9 Å². The highest BCUT2D eigenvalue weighted by Gasteiger charge is 2.28. The summed E-state index contributed by atoms with van der Waals surface area (Å²) in [6.07, 6.45) is 4.12. The van der Waals surface area contributed by atoms with E-state index in [4.69, 9.17) is 0 Å². The summed E-state index contributed by atoms with van der Waals surface area (Å²) in [7, 11) is -4.03. The fraction of sp³-hybridized carbons (Fsp3) is 0.259. The third-order valence-electron chi connectivity index (χ3n) is 6.04. The minimum atomic E-state index is -4.03. The summed E-state index contributed by atoms with van der Waals surface area (Å²) in [4.78, 5) is 28.4. The second-order valence-electron chi connectivity index (χ2n) is 8.60. The Balaban J connectivity index is 1.60. The van der Waals surface area contributed by atoms with Crippen molar-refractivity contribution < 1.29 is 18.0 Å². The molecule has 0 saturated carbocycles. The molecule has 2 amide bonds. The van der Waals surface area contributed by atoms with Crippen molar-refractivity contribution in [3.63, 3.8) is 0 Å². The number of hydrogen-bond donors (Lipinski definition) is 1. The number of nitrogens with one attached hydrogen (secondary N) is 1. The van der Waals surface area contributed by atoms with E-state index in [0.29, 0.717) is 34.5 Å². The lowest BCUT2D eigenvalue weighted by molar-refractivity contribution is -0.114. The molecule has 0 bridgehead atoms. The van der Waals surface area contributed by atoms with E-state index < -0.39 is 22.5 Å². The molecular formula is C27H28BrN3O4S. The fourth-order valence-corrected chi connectivity index (χ4v) is 6.03. The molecule has 1 N–H and O–H groups in total. The van der Waals surface area contributed by atoms with Gasteiger partial charge < -0.3 is 10.2 Å². The third kappa shape index (κ3) is 6.14. The lowest BCUT2D eigenvalue weighted by Gasteiger charge is -2.25. The molecule has 1 heterocycles. The highest BCUT2D eigenvalue weighted by molar-refractivity contribution is 9.10. The number of carbonyl (C=O) groups is 2. The van der Waals surface area contributed by atoms with Gasteiger partial charge in [0.1, 0.15) is 6.54 Å². The maximum atomic E-state index is 13.5. The van der Waals surface area contributed by atoms with Gasteiger partial charge in [-0.05, 0) is 55.3 Å². The Bertz CT molecular complexity index is 1320. The van der Waals surface area contributed by atoms with E-state index in [1.807, 2.05) is 4.90 Å². The van der Waals surface area contributed by atoms with Gasteiger partial charge in [0.25, 0.3) is 15.9 Å². The number of carbonyl (C=O) groups excluding carboxylic acids is 2. The van der Waals surface area contributed by atoms with Crippen LogP contribution in [0.2, 0.25) is 0 Å². The van der Waals surface area contributed by atoms with Crippen LogP contribution in [0.4, 0.5) is 11.4 Å². The van der Waals surface area contributed by atoms with E-state index in [-0.39, 0.29) is 10.8 Å². The van der Waals surface area contributed by atoms with Gasteiger partial charge >= 0.3 is 0 Å². The van der Waals surface area contributed by atoms with Crippen molar-refractivity contribution in [1.29, 1.82) is 0 Å². The lowest BCUT2D eigenvalue weighted by atomic mass is 10.1. The zero-order chi connectivity index (χ0) is 25.5. The fourth-order valence-electron chi connectivity index (χ4n) is 4.21. The number of halogens is 1. The van der Waals surface area contributed by atoms with E-state index in [0.717, 1.165) is 30.0 Å². The van der Waals surface area contributed by atoms with Crippen LogP contribution in [0.1, 0.15) is 36.0 Å². The second kappa shape index (κ2) is 11.7. The van der Waals surface area contributed by atoms with Gasteiger partial charge in [0.2, 0.25) is 5.91 Å². The number of benzene rings is 3. The maximum absolute atomic E-state index is 13.5. The van der Waals surface area contributed by atoms with Crippen molar-refractivity contribution in [2.45, 2.75) is 30.6 Å². The third-order valence-corrected chi connectivity index (χ3v) is 8.32. The van der Waals surface area contributed by atoms with E-state index >= 15 is 0 Å². The van der Waals surface area contributed by atoms with Crippen molar-refractivity contribution in [3.8, 4) is 0 Å². The Morgan fingerprint density at radius 1 is 0.861 bits per heavy atom. The first-order valence-corrected chi connectivity index (χ1v) is 14.1.